The fourth-order valence-electron chi connectivity index (χ4n) is 0.493. The Morgan fingerprint density at radius 2 is 2.00 bits per heavy atom. The lowest BCUT2D eigenvalue weighted by Crippen LogP contribution is -2.41. The van der Waals surface area contributed by atoms with Crippen LogP contribution in [0.2, 0.25) is 0 Å². The van der Waals surface area contributed by atoms with Crippen LogP contribution in [0.4, 0.5) is 13.2 Å². The van der Waals surface area contributed by atoms with Crippen molar-refractivity contribution in [2.24, 2.45) is 0 Å². The van der Waals surface area contributed by atoms with Gasteiger partial charge >= 0.3 is 6.18 Å². The van der Waals surface area contributed by atoms with Crippen molar-refractivity contribution in [3.63, 3.8) is 0 Å². The molecule has 0 aliphatic rings. The summed E-state index contributed by atoms with van der Waals surface area (Å²) < 4.78 is 39.9. The average molecular weight is 171 g/mol. The predicted octanol–water partition coefficient (Wildman–Crippen LogP) is 1.17. The molecule has 11 heavy (non-hydrogen) atoms. The van der Waals surface area contributed by atoms with Crippen LogP contribution >= 0.6 is 0 Å². The van der Waals surface area contributed by atoms with Gasteiger partial charge in [0, 0.05) is 13.7 Å². The standard InChI is InChI=1S/C6H12F3NO/c1-5(6(7,8)9)10-3-4-11-2/h5,10H,3-4H2,1-2H3. The lowest BCUT2D eigenvalue weighted by Gasteiger charge is -2.16. The molecule has 0 aliphatic heterocycles. The molecule has 0 aromatic carbocycles. The summed E-state index contributed by atoms with van der Waals surface area (Å²) in [7, 11) is 1.44. The Morgan fingerprint density at radius 1 is 1.45 bits per heavy atom. The molecule has 68 valence electrons. The van der Waals surface area contributed by atoms with Gasteiger partial charge in [-0.1, -0.05) is 0 Å². The normalized spacial score (nSPS) is 15.0. The molecule has 0 saturated carbocycles. The van der Waals surface area contributed by atoms with Crippen LogP contribution in [0.3, 0.4) is 0 Å². The van der Waals surface area contributed by atoms with Gasteiger partial charge in [0.15, 0.2) is 0 Å². The molecule has 0 aromatic heterocycles. The number of hydrogen-bond acceptors (Lipinski definition) is 2. The SMILES string of the molecule is COCCNC(C)C(F)(F)F. The van der Waals surface area contributed by atoms with Crippen LogP contribution in [-0.4, -0.2) is 32.5 Å². The maximum atomic E-state index is 11.8. The first-order valence-corrected chi connectivity index (χ1v) is 3.27. The van der Waals surface area contributed by atoms with Gasteiger partial charge in [-0.3, -0.25) is 0 Å². The van der Waals surface area contributed by atoms with Crippen molar-refractivity contribution in [2.45, 2.75) is 19.1 Å². The van der Waals surface area contributed by atoms with Gasteiger partial charge in [0.1, 0.15) is 6.04 Å². The van der Waals surface area contributed by atoms with E-state index in [2.05, 4.69) is 10.1 Å². The number of nitrogens with one attached hydrogen (secondary N) is 1. The van der Waals surface area contributed by atoms with E-state index >= 15 is 0 Å². The second-order valence-electron chi connectivity index (χ2n) is 2.21. The van der Waals surface area contributed by atoms with Gasteiger partial charge < -0.3 is 10.1 Å². The van der Waals surface area contributed by atoms with Gasteiger partial charge in [-0.15, -0.1) is 0 Å². The molecule has 0 aliphatic carbocycles. The second kappa shape index (κ2) is 4.56. The minimum Gasteiger partial charge on any atom is -0.383 e. The zero-order valence-electron chi connectivity index (χ0n) is 6.53. The second-order valence-corrected chi connectivity index (χ2v) is 2.21. The lowest BCUT2D eigenvalue weighted by molar-refractivity contribution is -0.151. The van der Waals surface area contributed by atoms with Gasteiger partial charge in [0.05, 0.1) is 6.61 Å². The molecule has 2 nitrogen and oxygen atoms in total. The summed E-state index contributed by atoms with van der Waals surface area (Å²) in [6, 6.07) is -1.46. The van der Waals surface area contributed by atoms with E-state index in [0.29, 0.717) is 6.61 Å². The maximum Gasteiger partial charge on any atom is 0.403 e. The van der Waals surface area contributed by atoms with E-state index in [4.69, 9.17) is 0 Å². The molecule has 5 heteroatoms. The minimum absolute atomic E-state index is 0.219. The summed E-state index contributed by atoms with van der Waals surface area (Å²) in [5.41, 5.74) is 0. The van der Waals surface area contributed by atoms with Crippen LogP contribution in [-0.2, 0) is 4.74 Å². The summed E-state index contributed by atoms with van der Waals surface area (Å²) in [6.07, 6.45) is -4.16. The number of hydrogen-bond donors (Lipinski definition) is 1. The van der Waals surface area contributed by atoms with E-state index in [1.54, 1.807) is 0 Å². The van der Waals surface area contributed by atoms with E-state index < -0.39 is 12.2 Å². The summed E-state index contributed by atoms with van der Waals surface area (Å²) in [4.78, 5) is 0. The number of ether oxygens (including phenoxy) is 1. The molecule has 0 bridgehead atoms. The van der Waals surface area contributed by atoms with Crippen molar-refractivity contribution in [3.8, 4) is 0 Å². The van der Waals surface area contributed by atoms with Gasteiger partial charge in [-0.25, -0.2) is 0 Å². The fraction of sp³-hybridized carbons (Fsp3) is 1.00. The Kier molecular flexibility index (Phi) is 4.44. The fourth-order valence-corrected chi connectivity index (χ4v) is 0.493. The molecule has 0 radical (unpaired) electrons. The molecular formula is C6H12F3NO. The van der Waals surface area contributed by atoms with E-state index in [1.165, 1.54) is 7.11 Å². The summed E-state index contributed by atoms with van der Waals surface area (Å²) in [5, 5.41) is 2.27. The quantitative estimate of drug-likeness (QED) is 0.641. The number of methoxy groups -OCH3 is 1. The Balaban J connectivity index is 3.44. The van der Waals surface area contributed by atoms with Crippen LogP contribution < -0.4 is 5.32 Å². The number of rotatable bonds is 4. The zero-order chi connectivity index (χ0) is 8.91. The predicted molar refractivity (Wildman–Crippen MR) is 35.4 cm³/mol. The van der Waals surface area contributed by atoms with Crippen LogP contribution in [0, 0.1) is 0 Å². The molecule has 0 spiro atoms. The molecule has 1 atom stereocenters. The van der Waals surface area contributed by atoms with Crippen molar-refractivity contribution >= 4 is 0 Å². The Morgan fingerprint density at radius 3 is 2.36 bits per heavy atom. The van der Waals surface area contributed by atoms with Gasteiger partial charge in [-0.05, 0) is 6.92 Å². The third-order valence-electron chi connectivity index (χ3n) is 1.25. The largest absolute Gasteiger partial charge is 0.403 e. The van der Waals surface area contributed by atoms with Crippen LogP contribution in [0.5, 0.6) is 0 Å². The highest BCUT2D eigenvalue weighted by Crippen LogP contribution is 2.18. The summed E-state index contributed by atoms with van der Waals surface area (Å²) in [5.74, 6) is 0. The Labute approximate surface area is 63.7 Å². The van der Waals surface area contributed by atoms with Crippen molar-refractivity contribution in [1.82, 2.24) is 5.32 Å². The molecular weight excluding hydrogens is 159 g/mol. The lowest BCUT2D eigenvalue weighted by atomic mass is 10.3. The van der Waals surface area contributed by atoms with Crippen molar-refractivity contribution in [2.75, 3.05) is 20.3 Å². The van der Waals surface area contributed by atoms with Gasteiger partial charge in [0.2, 0.25) is 0 Å². The van der Waals surface area contributed by atoms with Crippen molar-refractivity contribution < 1.29 is 17.9 Å². The topological polar surface area (TPSA) is 21.3 Å². The van der Waals surface area contributed by atoms with E-state index in [1.807, 2.05) is 0 Å². The molecule has 0 aromatic rings. The highest BCUT2D eigenvalue weighted by molar-refractivity contribution is 4.68. The smallest absolute Gasteiger partial charge is 0.383 e. The van der Waals surface area contributed by atoms with Crippen LogP contribution in [0.15, 0.2) is 0 Å². The molecule has 0 heterocycles. The third-order valence-corrected chi connectivity index (χ3v) is 1.25. The molecule has 0 amide bonds. The highest BCUT2D eigenvalue weighted by atomic mass is 19.4. The summed E-state index contributed by atoms with van der Waals surface area (Å²) in [6.45, 7) is 1.59. The molecule has 1 N–H and O–H groups in total. The number of alkyl halides is 3. The Bertz CT molecular complexity index is 104. The monoisotopic (exact) mass is 171 g/mol. The van der Waals surface area contributed by atoms with Gasteiger partial charge in [0.25, 0.3) is 0 Å². The number of halogens is 3. The van der Waals surface area contributed by atoms with Crippen molar-refractivity contribution in [3.05, 3.63) is 0 Å². The van der Waals surface area contributed by atoms with E-state index in [9.17, 15) is 13.2 Å². The van der Waals surface area contributed by atoms with Crippen LogP contribution in [0.25, 0.3) is 0 Å². The van der Waals surface area contributed by atoms with Crippen LogP contribution in [0.1, 0.15) is 6.92 Å². The first-order chi connectivity index (χ1) is 4.98. The first kappa shape index (κ1) is 10.7. The average Bonchev–Trinajstić information content (AvgIpc) is 1.86. The van der Waals surface area contributed by atoms with Gasteiger partial charge in [-0.2, -0.15) is 13.2 Å². The summed E-state index contributed by atoms with van der Waals surface area (Å²) >= 11 is 0. The maximum absolute atomic E-state index is 11.8. The highest BCUT2D eigenvalue weighted by Gasteiger charge is 2.35. The molecule has 0 rings (SSSR count). The zero-order valence-corrected chi connectivity index (χ0v) is 6.53. The molecule has 0 saturated heterocycles. The minimum atomic E-state index is -4.16. The Hall–Kier alpha value is -0.290. The van der Waals surface area contributed by atoms with E-state index in [0.717, 1.165) is 6.92 Å². The third kappa shape index (κ3) is 5.03. The molecule has 0 fully saturated rings. The first-order valence-electron chi connectivity index (χ1n) is 3.27. The van der Waals surface area contributed by atoms with E-state index in [-0.39, 0.29) is 6.54 Å². The molecule has 1 unspecified atom stereocenters. The van der Waals surface area contributed by atoms with Crippen molar-refractivity contribution in [1.29, 1.82) is 0 Å².